The van der Waals surface area contributed by atoms with Crippen molar-refractivity contribution < 1.29 is 4.42 Å². The van der Waals surface area contributed by atoms with Gasteiger partial charge in [-0.3, -0.25) is 0 Å². The molecule has 80 valence electrons. The summed E-state index contributed by atoms with van der Waals surface area (Å²) < 4.78 is 5.21. The van der Waals surface area contributed by atoms with E-state index < -0.39 is 0 Å². The van der Waals surface area contributed by atoms with Gasteiger partial charge in [-0.1, -0.05) is 11.6 Å². The highest BCUT2D eigenvalue weighted by Crippen LogP contribution is 2.33. The molecule has 0 unspecified atom stereocenters. The van der Waals surface area contributed by atoms with Gasteiger partial charge in [0.25, 0.3) is 6.01 Å². The molecule has 0 saturated carbocycles. The number of fused-ring (bicyclic) bond motifs is 1. The van der Waals surface area contributed by atoms with Gasteiger partial charge in [-0.05, 0) is 28.5 Å². The first-order valence-corrected chi connectivity index (χ1v) is 5.94. The predicted molar refractivity (Wildman–Crippen MR) is 66.7 cm³/mol. The number of aromatic nitrogens is 1. The van der Waals surface area contributed by atoms with Crippen molar-refractivity contribution in [1.29, 1.82) is 0 Å². The average molecular weight is 251 g/mol. The topological polar surface area (TPSA) is 52.0 Å². The fraction of sp³-hybridized carbons (Fsp3) is 0. The van der Waals surface area contributed by atoms with E-state index in [-0.39, 0.29) is 6.01 Å². The lowest BCUT2D eigenvalue weighted by Crippen LogP contribution is -1.81. The highest BCUT2D eigenvalue weighted by Gasteiger charge is 2.10. The molecule has 2 heterocycles. The van der Waals surface area contributed by atoms with E-state index in [1.165, 1.54) is 0 Å². The zero-order valence-corrected chi connectivity index (χ0v) is 9.68. The van der Waals surface area contributed by atoms with Gasteiger partial charge in [0.05, 0.1) is 5.02 Å². The summed E-state index contributed by atoms with van der Waals surface area (Å²) in [4.78, 5) is 4.08. The SMILES string of the molecule is Nc1nc2cc(-c3ccsc3)c(Cl)cc2o1. The minimum Gasteiger partial charge on any atom is -0.424 e. The van der Waals surface area contributed by atoms with Gasteiger partial charge in [-0.25, -0.2) is 0 Å². The molecule has 0 aliphatic carbocycles. The highest BCUT2D eigenvalue weighted by molar-refractivity contribution is 7.08. The van der Waals surface area contributed by atoms with Crippen LogP contribution in [0.3, 0.4) is 0 Å². The molecular formula is C11H7ClN2OS. The van der Waals surface area contributed by atoms with E-state index >= 15 is 0 Å². The largest absolute Gasteiger partial charge is 0.424 e. The molecule has 3 rings (SSSR count). The number of oxazole rings is 1. The molecule has 2 aromatic heterocycles. The molecule has 0 aliphatic rings. The Bertz CT molecular complexity index is 645. The number of rotatable bonds is 1. The van der Waals surface area contributed by atoms with Crippen molar-refractivity contribution in [2.24, 2.45) is 0 Å². The number of hydrogen-bond donors (Lipinski definition) is 1. The Morgan fingerprint density at radius 1 is 1.38 bits per heavy atom. The molecule has 0 radical (unpaired) electrons. The van der Waals surface area contributed by atoms with E-state index in [0.29, 0.717) is 10.6 Å². The molecule has 0 spiro atoms. The summed E-state index contributed by atoms with van der Waals surface area (Å²) in [6.45, 7) is 0. The molecule has 0 bridgehead atoms. The Balaban J connectivity index is 2.29. The minimum atomic E-state index is 0.161. The monoisotopic (exact) mass is 250 g/mol. The number of hydrogen-bond acceptors (Lipinski definition) is 4. The summed E-state index contributed by atoms with van der Waals surface area (Å²) in [6.07, 6.45) is 0. The van der Waals surface area contributed by atoms with E-state index in [1.807, 2.05) is 22.9 Å². The molecule has 0 aliphatic heterocycles. The van der Waals surface area contributed by atoms with Gasteiger partial charge in [0.1, 0.15) is 5.52 Å². The summed E-state index contributed by atoms with van der Waals surface area (Å²) >= 11 is 7.81. The standard InChI is InChI=1S/C11H7ClN2OS/c12-8-4-10-9(14-11(13)15-10)3-7(8)6-1-2-16-5-6/h1-5H,(H2,13,14). The highest BCUT2D eigenvalue weighted by atomic mass is 35.5. The van der Waals surface area contributed by atoms with E-state index in [2.05, 4.69) is 4.98 Å². The number of nitrogens with zero attached hydrogens (tertiary/aromatic N) is 1. The first-order valence-electron chi connectivity index (χ1n) is 4.62. The van der Waals surface area contributed by atoms with Crippen molar-refractivity contribution in [3.05, 3.63) is 34.0 Å². The maximum absolute atomic E-state index is 6.18. The van der Waals surface area contributed by atoms with Crippen LogP contribution in [0.5, 0.6) is 0 Å². The first-order chi connectivity index (χ1) is 7.74. The third-order valence-corrected chi connectivity index (χ3v) is 3.32. The van der Waals surface area contributed by atoms with Crippen molar-refractivity contribution in [2.75, 3.05) is 5.73 Å². The van der Waals surface area contributed by atoms with Crippen LogP contribution in [0, 0.1) is 0 Å². The van der Waals surface area contributed by atoms with Crippen LogP contribution in [0.2, 0.25) is 5.02 Å². The van der Waals surface area contributed by atoms with Crippen LogP contribution < -0.4 is 5.73 Å². The molecule has 0 saturated heterocycles. The lowest BCUT2D eigenvalue weighted by Gasteiger charge is -2.00. The van der Waals surface area contributed by atoms with Crippen molar-refractivity contribution in [1.82, 2.24) is 4.98 Å². The average Bonchev–Trinajstić information content (AvgIpc) is 2.83. The Morgan fingerprint density at radius 2 is 2.25 bits per heavy atom. The van der Waals surface area contributed by atoms with Crippen LogP contribution in [0.25, 0.3) is 22.2 Å². The number of nitrogen functional groups attached to an aromatic ring is 1. The smallest absolute Gasteiger partial charge is 0.292 e. The van der Waals surface area contributed by atoms with Crippen LogP contribution in [0.1, 0.15) is 0 Å². The maximum atomic E-state index is 6.18. The number of anilines is 1. The predicted octanol–water partition coefficient (Wildman–Crippen LogP) is 3.79. The van der Waals surface area contributed by atoms with Gasteiger partial charge >= 0.3 is 0 Å². The summed E-state index contributed by atoms with van der Waals surface area (Å²) in [5, 5.41) is 4.69. The molecule has 3 aromatic rings. The second kappa shape index (κ2) is 3.50. The summed E-state index contributed by atoms with van der Waals surface area (Å²) in [5.41, 5.74) is 8.86. The zero-order chi connectivity index (χ0) is 11.1. The van der Waals surface area contributed by atoms with Gasteiger partial charge in [0.2, 0.25) is 0 Å². The van der Waals surface area contributed by atoms with Crippen LogP contribution in [-0.2, 0) is 0 Å². The fourth-order valence-electron chi connectivity index (χ4n) is 1.61. The van der Waals surface area contributed by atoms with Gasteiger partial charge in [-0.2, -0.15) is 16.3 Å². The third-order valence-electron chi connectivity index (χ3n) is 2.33. The van der Waals surface area contributed by atoms with Crippen molar-refractivity contribution in [3.8, 4) is 11.1 Å². The minimum absolute atomic E-state index is 0.161. The Hall–Kier alpha value is -1.52. The zero-order valence-electron chi connectivity index (χ0n) is 8.11. The number of benzene rings is 1. The number of nitrogens with two attached hydrogens (primary N) is 1. The van der Waals surface area contributed by atoms with E-state index in [4.69, 9.17) is 21.8 Å². The molecule has 0 fully saturated rings. The Morgan fingerprint density at radius 3 is 3.00 bits per heavy atom. The van der Waals surface area contributed by atoms with Crippen molar-refractivity contribution in [3.63, 3.8) is 0 Å². The fourth-order valence-corrected chi connectivity index (χ4v) is 2.52. The van der Waals surface area contributed by atoms with Gasteiger partial charge < -0.3 is 10.2 Å². The van der Waals surface area contributed by atoms with E-state index in [9.17, 15) is 0 Å². The lowest BCUT2D eigenvalue weighted by atomic mass is 10.1. The van der Waals surface area contributed by atoms with E-state index in [1.54, 1.807) is 17.4 Å². The van der Waals surface area contributed by atoms with E-state index in [0.717, 1.165) is 16.6 Å². The molecule has 2 N–H and O–H groups in total. The molecule has 16 heavy (non-hydrogen) atoms. The molecule has 0 atom stereocenters. The molecular weight excluding hydrogens is 244 g/mol. The van der Waals surface area contributed by atoms with Gasteiger partial charge in [0.15, 0.2) is 5.58 Å². The van der Waals surface area contributed by atoms with Gasteiger partial charge in [0, 0.05) is 11.6 Å². The lowest BCUT2D eigenvalue weighted by molar-refractivity contribution is 0.626. The number of halogens is 1. The Kier molecular flexibility index (Phi) is 2.12. The molecule has 0 amide bonds. The first kappa shape index (κ1) is 9.69. The third kappa shape index (κ3) is 1.47. The van der Waals surface area contributed by atoms with Gasteiger partial charge in [-0.15, -0.1) is 0 Å². The summed E-state index contributed by atoms with van der Waals surface area (Å²) in [7, 11) is 0. The maximum Gasteiger partial charge on any atom is 0.292 e. The van der Waals surface area contributed by atoms with Crippen LogP contribution in [-0.4, -0.2) is 4.98 Å². The summed E-state index contributed by atoms with van der Waals surface area (Å²) in [6, 6.07) is 5.81. The molecule has 5 heteroatoms. The van der Waals surface area contributed by atoms with Crippen LogP contribution >= 0.6 is 22.9 Å². The van der Waals surface area contributed by atoms with Crippen molar-refractivity contribution in [2.45, 2.75) is 0 Å². The quantitative estimate of drug-likeness (QED) is 0.715. The second-order valence-corrected chi connectivity index (χ2v) is 4.55. The Labute approximate surface area is 100 Å². The molecule has 3 nitrogen and oxygen atoms in total. The van der Waals surface area contributed by atoms with Crippen molar-refractivity contribution >= 4 is 40.1 Å². The normalized spacial score (nSPS) is 11.1. The number of thiophene rings is 1. The summed E-state index contributed by atoms with van der Waals surface area (Å²) in [5.74, 6) is 0. The van der Waals surface area contributed by atoms with Crippen LogP contribution in [0.15, 0.2) is 33.4 Å². The second-order valence-electron chi connectivity index (χ2n) is 3.36. The van der Waals surface area contributed by atoms with Crippen LogP contribution in [0.4, 0.5) is 6.01 Å². The molecule has 1 aromatic carbocycles.